The van der Waals surface area contributed by atoms with Crippen LogP contribution in [0.3, 0.4) is 0 Å². The number of hydrogen-bond donors (Lipinski definition) is 1. The van der Waals surface area contributed by atoms with Gasteiger partial charge in [-0.25, -0.2) is 0 Å². The Bertz CT molecular complexity index is 526. The summed E-state index contributed by atoms with van der Waals surface area (Å²) in [5.74, 6) is -1.18. The van der Waals surface area contributed by atoms with Crippen LogP contribution in [0.5, 0.6) is 0 Å². The highest BCUT2D eigenvalue weighted by atomic mass is 16.2. The van der Waals surface area contributed by atoms with Gasteiger partial charge in [-0.2, -0.15) is 0 Å². The number of aldehydes is 1. The summed E-state index contributed by atoms with van der Waals surface area (Å²) >= 11 is 0. The minimum absolute atomic E-state index is 0.143. The summed E-state index contributed by atoms with van der Waals surface area (Å²) in [6, 6.07) is -0.528. The maximum absolute atomic E-state index is 11.7. The summed E-state index contributed by atoms with van der Waals surface area (Å²) in [4.78, 5) is 59.1. The molecule has 1 heterocycles. The van der Waals surface area contributed by atoms with Gasteiger partial charge in [0.2, 0.25) is 11.8 Å². The molecule has 1 N–H and O–H groups in total. The van der Waals surface area contributed by atoms with Crippen LogP contribution in [0, 0.1) is 0 Å². The van der Waals surface area contributed by atoms with E-state index >= 15 is 0 Å². The van der Waals surface area contributed by atoms with Gasteiger partial charge in [0, 0.05) is 32.2 Å². The average molecular weight is 337 g/mol. The van der Waals surface area contributed by atoms with E-state index < -0.39 is 6.04 Å². The van der Waals surface area contributed by atoms with Crippen LogP contribution in [0.15, 0.2) is 12.2 Å². The van der Waals surface area contributed by atoms with Crippen molar-refractivity contribution in [3.05, 3.63) is 12.2 Å². The average Bonchev–Trinajstić information content (AvgIpc) is 2.89. The lowest BCUT2D eigenvalue weighted by molar-refractivity contribution is -0.137. The van der Waals surface area contributed by atoms with Crippen molar-refractivity contribution in [3.8, 4) is 0 Å². The Kier molecular flexibility index (Phi) is 7.81. The van der Waals surface area contributed by atoms with Crippen molar-refractivity contribution >= 4 is 29.9 Å². The normalized spacial score (nSPS) is 14.7. The molecule has 0 radical (unpaired) electrons. The van der Waals surface area contributed by atoms with Crippen molar-refractivity contribution in [1.29, 1.82) is 0 Å². The van der Waals surface area contributed by atoms with E-state index in [4.69, 9.17) is 0 Å². The van der Waals surface area contributed by atoms with Crippen molar-refractivity contribution in [1.82, 2.24) is 15.1 Å². The molecule has 0 saturated heterocycles. The van der Waals surface area contributed by atoms with Crippen molar-refractivity contribution < 1.29 is 24.0 Å². The molecule has 0 aromatic carbocycles. The van der Waals surface area contributed by atoms with Crippen LogP contribution in [0.2, 0.25) is 0 Å². The number of carbonyl (C=O) groups is 5. The molecule has 8 nitrogen and oxygen atoms in total. The first kappa shape index (κ1) is 19.5. The second-order valence-electron chi connectivity index (χ2n) is 5.63. The lowest BCUT2D eigenvalue weighted by atomic mass is 10.2. The van der Waals surface area contributed by atoms with E-state index in [0.717, 1.165) is 0 Å². The van der Waals surface area contributed by atoms with Gasteiger partial charge in [-0.05, 0) is 19.8 Å². The molecular formula is C16H23N3O5. The van der Waals surface area contributed by atoms with Crippen molar-refractivity contribution in [2.24, 2.45) is 0 Å². The van der Waals surface area contributed by atoms with Gasteiger partial charge < -0.3 is 15.0 Å². The fourth-order valence-electron chi connectivity index (χ4n) is 2.09. The molecule has 0 bridgehead atoms. The molecular weight excluding hydrogens is 314 g/mol. The SMILES string of the molecule is CC(C=O)N(C)C(=O)CNC(=O)CCCCCN1C(=O)C=CC1=O. The van der Waals surface area contributed by atoms with Gasteiger partial charge in [-0.1, -0.05) is 6.42 Å². The zero-order chi connectivity index (χ0) is 18.1. The van der Waals surface area contributed by atoms with Gasteiger partial charge in [0.05, 0.1) is 12.6 Å². The standard InChI is InChI=1S/C16H23N3O5/c1-12(11-20)18(2)16(24)10-17-13(21)6-4-3-5-9-19-14(22)7-8-15(19)23/h7-8,11-12H,3-6,9-10H2,1-2H3,(H,17,21). The molecule has 4 amide bonds. The highest BCUT2D eigenvalue weighted by Gasteiger charge is 2.22. The topological polar surface area (TPSA) is 104 Å². The van der Waals surface area contributed by atoms with Crippen LogP contribution in [0.25, 0.3) is 0 Å². The number of amides is 4. The van der Waals surface area contributed by atoms with Crippen molar-refractivity contribution in [2.75, 3.05) is 20.1 Å². The fraction of sp³-hybridized carbons (Fsp3) is 0.562. The molecule has 1 unspecified atom stereocenters. The number of rotatable bonds is 10. The molecule has 0 aromatic rings. The third kappa shape index (κ3) is 5.94. The summed E-state index contributed by atoms with van der Waals surface area (Å²) in [7, 11) is 1.50. The van der Waals surface area contributed by atoms with E-state index in [1.54, 1.807) is 6.92 Å². The summed E-state index contributed by atoms with van der Waals surface area (Å²) in [6.07, 6.45) is 5.34. The monoisotopic (exact) mass is 337 g/mol. The van der Waals surface area contributed by atoms with Gasteiger partial charge >= 0.3 is 0 Å². The number of nitrogens with one attached hydrogen (secondary N) is 1. The van der Waals surface area contributed by atoms with E-state index in [9.17, 15) is 24.0 Å². The molecule has 1 aliphatic rings. The second kappa shape index (κ2) is 9.59. The summed E-state index contributed by atoms with van der Waals surface area (Å²) in [6.45, 7) is 1.80. The highest BCUT2D eigenvalue weighted by Crippen LogP contribution is 2.07. The molecule has 132 valence electrons. The van der Waals surface area contributed by atoms with Crippen LogP contribution in [0.1, 0.15) is 32.6 Å². The van der Waals surface area contributed by atoms with Crippen molar-refractivity contribution in [3.63, 3.8) is 0 Å². The first-order chi connectivity index (χ1) is 11.4. The lowest BCUT2D eigenvalue weighted by Crippen LogP contribution is -2.42. The number of hydrogen-bond acceptors (Lipinski definition) is 5. The van der Waals surface area contributed by atoms with Crippen LogP contribution < -0.4 is 5.32 Å². The summed E-state index contributed by atoms with van der Waals surface area (Å²) < 4.78 is 0. The van der Waals surface area contributed by atoms with E-state index in [1.807, 2.05) is 0 Å². The highest BCUT2D eigenvalue weighted by molar-refractivity contribution is 6.12. The predicted octanol–water partition coefficient (Wildman–Crippen LogP) is -0.366. The first-order valence-electron chi connectivity index (χ1n) is 7.88. The predicted molar refractivity (Wildman–Crippen MR) is 85.6 cm³/mol. The second-order valence-corrected chi connectivity index (χ2v) is 5.63. The summed E-state index contributed by atoms with van der Waals surface area (Å²) in [5.41, 5.74) is 0. The first-order valence-corrected chi connectivity index (χ1v) is 7.88. The zero-order valence-electron chi connectivity index (χ0n) is 14.0. The molecule has 1 aliphatic heterocycles. The Morgan fingerprint density at radius 3 is 2.42 bits per heavy atom. The van der Waals surface area contributed by atoms with Crippen molar-refractivity contribution in [2.45, 2.75) is 38.6 Å². The van der Waals surface area contributed by atoms with Gasteiger partial charge in [0.15, 0.2) is 0 Å². The fourth-order valence-corrected chi connectivity index (χ4v) is 2.09. The molecule has 0 fully saturated rings. The third-order valence-corrected chi connectivity index (χ3v) is 3.82. The van der Waals surface area contributed by atoms with Gasteiger partial charge in [-0.3, -0.25) is 24.1 Å². The number of imide groups is 1. The number of nitrogens with zero attached hydrogens (tertiary/aromatic N) is 2. The number of likely N-dealkylation sites (N-methyl/N-ethyl adjacent to an activating group) is 1. The van der Waals surface area contributed by atoms with Gasteiger partial charge in [-0.15, -0.1) is 0 Å². The number of unbranched alkanes of at least 4 members (excludes halogenated alkanes) is 2. The Labute approximate surface area is 140 Å². The Balaban J connectivity index is 2.12. The van der Waals surface area contributed by atoms with E-state index in [0.29, 0.717) is 32.1 Å². The molecule has 0 aliphatic carbocycles. The molecule has 8 heteroatoms. The molecule has 24 heavy (non-hydrogen) atoms. The summed E-state index contributed by atoms with van der Waals surface area (Å²) in [5, 5.41) is 2.51. The molecule has 0 saturated carbocycles. The smallest absolute Gasteiger partial charge is 0.253 e. The molecule has 1 atom stereocenters. The largest absolute Gasteiger partial charge is 0.347 e. The Morgan fingerprint density at radius 2 is 1.83 bits per heavy atom. The van der Waals surface area contributed by atoms with Gasteiger partial charge in [0.1, 0.15) is 6.29 Å². The van der Waals surface area contributed by atoms with E-state index in [-0.39, 0.29) is 36.6 Å². The van der Waals surface area contributed by atoms with Crippen LogP contribution in [-0.2, 0) is 24.0 Å². The number of carbonyl (C=O) groups excluding carboxylic acids is 5. The third-order valence-electron chi connectivity index (χ3n) is 3.82. The lowest BCUT2D eigenvalue weighted by Gasteiger charge is -2.20. The molecule has 0 spiro atoms. The minimum atomic E-state index is -0.528. The van der Waals surface area contributed by atoms with E-state index in [2.05, 4.69) is 5.32 Å². The Morgan fingerprint density at radius 1 is 1.21 bits per heavy atom. The minimum Gasteiger partial charge on any atom is -0.347 e. The van der Waals surface area contributed by atoms with Crippen LogP contribution in [-0.4, -0.2) is 65.9 Å². The molecule has 1 rings (SSSR count). The maximum Gasteiger partial charge on any atom is 0.253 e. The van der Waals surface area contributed by atoms with Crippen LogP contribution in [0.4, 0.5) is 0 Å². The van der Waals surface area contributed by atoms with Crippen LogP contribution >= 0.6 is 0 Å². The Hall–Kier alpha value is -2.51. The van der Waals surface area contributed by atoms with E-state index in [1.165, 1.54) is 29.0 Å². The van der Waals surface area contributed by atoms with Gasteiger partial charge in [0.25, 0.3) is 11.8 Å². The zero-order valence-corrected chi connectivity index (χ0v) is 14.0. The quantitative estimate of drug-likeness (QED) is 0.333. The molecule has 0 aromatic heterocycles. The maximum atomic E-state index is 11.7.